The van der Waals surface area contributed by atoms with Gasteiger partial charge in [-0.1, -0.05) is 32.0 Å². The van der Waals surface area contributed by atoms with Gasteiger partial charge in [0.25, 0.3) is 11.8 Å². The van der Waals surface area contributed by atoms with E-state index in [-0.39, 0.29) is 5.92 Å². The molecule has 0 unspecified atom stereocenters. The maximum Gasteiger partial charge on any atom is 0.329 e. The first-order valence-corrected chi connectivity index (χ1v) is 9.40. The lowest BCUT2D eigenvalue weighted by molar-refractivity contribution is -0.150. The van der Waals surface area contributed by atoms with Crippen molar-refractivity contribution in [3.63, 3.8) is 0 Å². The van der Waals surface area contributed by atoms with Crippen LogP contribution in [0.25, 0.3) is 0 Å². The van der Waals surface area contributed by atoms with Crippen LogP contribution in [-0.4, -0.2) is 44.7 Å². The Labute approximate surface area is 175 Å². The van der Waals surface area contributed by atoms with Crippen molar-refractivity contribution in [3.05, 3.63) is 54.1 Å². The van der Waals surface area contributed by atoms with Gasteiger partial charge >= 0.3 is 5.97 Å². The molecule has 0 heterocycles. The van der Waals surface area contributed by atoms with Crippen molar-refractivity contribution in [2.45, 2.75) is 19.9 Å². The lowest BCUT2D eigenvalue weighted by Gasteiger charge is -2.21. The summed E-state index contributed by atoms with van der Waals surface area (Å²) in [5.41, 5.74) is 0.814. The third-order valence-corrected chi connectivity index (χ3v) is 4.27. The van der Waals surface area contributed by atoms with E-state index >= 15 is 0 Å². The topological polar surface area (TPSA) is 103 Å². The second-order valence-corrected chi connectivity index (χ2v) is 6.78. The number of hydrogen-bond donors (Lipinski definition) is 2. The van der Waals surface area contributed by atoms with Crippen molar-refractivity contribution >= 4 is 23.5 Å². The average Bonchev–Trinajstić information content (AvgIpc) is 2.75. The SMILES string of the molecule is COc1ccc(OC)c(NC(=O)COC(=O)[C@@H](NC(=O)c2ccccc2)C(C)C)c1. The van der Waals surface area contributed by atoms with E-state index in [1.807, 2.05) is 0 Å². The van der Waals surface area contributed by atoms with Gasteiger partial charge in [0, 0.05) is 11.6 Å². The fourth-order valence-corrected chi connectivity index (χ4v) is 2.64. The van der Waals surface area contributed by atoms with Gasteiger partial charge in [-0.25, -0.2) is 4.79 Å². The minimum Gasteiger partial charge on any atom is -0.497 e. The Kier molecular flexibility index (Phi) is 8.22. The maximum atomic E-state index is 12.5. The summed E-state index contributed by atoms with van der Waals surface area (Å²) in [4.78, 5) is 37.1. The molecule has 2 aromatic carbocycles. The summed E-state index contributed by atoms with van der Waals surface area (Å²) in [7, 11) is 2.98. The van der Waals surface area contributed by atoms with E-state index in [0.29, 0.717) is 22.7 Å². The van der Waals surface area contributed by atoms with Crippen LogP contribution in [0.2, 0.25) is 0 Å². The zero-order chi connectivity index (χ0) is 22.1. The zero-order valence-corrected chi connectivity index (χ0v) is 17.4. The molecule has 0 spiro atoms. The highest BCUT2D eigenvalue weighted by Gasteiger charge is 2.26. The van der Waals surface area contributed by atoms with Gasteiger partial charge in [0.2, 0.25) is 0 Å². The maximum absolute atomic E-state index is 12.5. The third kappa shape index (κ3) is 6.23. The van der Waals surface area contributed by atoms with Gasteiger partial charge in [-0.05, 0) is 30.2 Å². The molecule has 160 valence electrons. The zero-order valence-electron chi connectivity index (χ0n) is 17.4. The molecule has 2 aromatic rings. The highest BCUT2D eigenvalue weighted by molar-refractivity contribution is 5.98. The Balaban J connectivity index is 1.97. The van der Waals surface area contributed by atoms with Crippen molar-refractivity contribution in [2.75, 3.05) is 26.1 Å². The van der Waals surface area contributed by atoms with E-state index in [4.69, 9.17) is 14.2 Å². The highest BCUT2D eigenvalue weighted by atomic mass is 16.5. The predicted octanol–water partition coefficient (Wildman–Crippen LogP) is 2.64. The highest BCUT2D eigenvalue weighted by Crippen LogP contribution is 2.28. The predicted molar refractivity (Wildman–Crippen MR) is 112 cm³/mol. The molecular formula is C22H26N2O6. The molecular weight excluding hydrogens is 388 g/mol. The van der Waals surface area contributed by atoms with Gasteiger partial charge in [0.15, 0.2) is 6.61 Å². The summed E-state index contributed by atoms with van der Waals surface area (Å²) in [6, 6.07) is 12.6. The summed E-state index contributed by atoms with van der Waals surface area (Å²) < 4.78 is 15.5. The number of ether oxygens (including phenoxy) is 3. The average molecular weight is 414 g/mol. The molecule has 8 heteroatoms. The molecule has 8 nitrogen and oxygen atoms in total. The Morgan fingerprint density at radius 2 is 1.67 bits per heavy atom. The van der Waals surface area contributed by atoms with Gasteiger partial charge in [0.05, 0.1) is 19.9 Å². The normalized spacial score (nSPS) is 11.4. The molecule has 2 amide bonds. The molecule has 0 aliphatic carbocycles. The standard InChI is InChI=1S/C22H26N2O6/c1-14(2)20(24-21(26)15-8-6-5-7-9-15)22(27)30-13-19(25)23-17-12-16(28-3)10-11-18(17)29-4/h5-12,14,20H,13H2,1-4H3,(H,23,25)(H,24,26)/t20-/m0/s1. The van der Waals surface area contributed by atoms with Crippen molar-refractivity contribution < 1.29 is 28.6 Å². The summed E-state index contributed by atoms with van der Waals surface area (Å²) in [6.45, 7) is 3.04. The summed E-state index contributed by atoms with van der Waals surface area (Å²) >= 11 is 0. The molecule has 0 radical (unpaired) electrons. The van der Waals surface area contributed by atoms with Crippen molar-refractivity contribution in [1.29, 1.82) is 0 Å². The number of nitrogens with one attached hydrogen (secondary N) is 2. The largest absolute Gasteiger partial charge is 0.497 e. The van der Waals surface area contributed by atoms with E-state index in [9.17, 15) is 14.4 Å². The monoisotopic (exact) mass is 414 g/mol. The van der Waals surface area contributed by atoms with Crippen molar-refractivity contribution in [2.24, 2.45) is 5.92 Å². The van der Waals surface area contributed by atoms with Crippen molar-refractivity contribution in [3.8, 4) is 11.5 Å². The number of benzene rings is 2. The Hall–Kier alpha value is -3.55. The smallest absolute Gasteiger partial charge is 0.329 e. The molecule has 2 rings (SSSR count). The van der Waals surface area contributed by atoms with Gasteiger partial charge in [-0.3, -0.25) is 9.59 Å². The number of methoxy groups -OCH3 is 2. The van der Waals surface area contributed by atoms with E-state index in [2.05, 4.69) is 10.6 Å². The molecule has 2 N–H and O–H groups in total. The molecule has 0 aliphatic heterocycles. The summed E-state index contributed by atoms with van der Waals surface area (Å²) in [6.07, 6.45) is 0. The van der Waals surface area contributed by atoms with Crippen LogP contribution in [0.15, 0.2) is 48.5 Å². The van der Waals surface area contributed by atoms with Crippen molar-refractivity contribution in [1.82, 2.24) is 5.32 Å². The van der Waals surface area contributed by atoms with Gasteiger partial charge in [-0.15, -0.1) is 0 Å². The van der Waals surface area contributed by atoms with Crippen LogP contribution >= 0.6 is 0 Å². The molecule has 1 atom stereocenters. The minimum atomic E-state index is -0.892. The quantitative estimate of drug-likeness (QED) is 0.612. The number of amides is 2. The molecule has 0 fully saturated rings. The van der Waals surface area contributed by atoms with Crippen LogP contribution in [0, 0.1) is 5.92 Å². The second-order valence-electron chi connectivity index (χ2n) is 6.78. The Morgan fingerprint density at radius 1 is 0.967 bits per heavy atom. The number of anilines is 1. The van der Waals surface area contributed by atoms with Crippen LogP contribution in [0.3, 0.4) is 0 Å². The minimum absolute atomic E-state index is 0.230. The van der Waals surface area contributed by atoms with E-state index in [0.717, 1.165) is 0 Å². The Morgan fingerprint density at radius 3 is 2.27 bits per heavy atom. The first-order valence-electron chi connectivity index (χ1n) is 9.40. The number of carbonyl (C=O) groups is 3. The number of esters is 1. The van der Waals surface area contributed by atoms with Gasteiger partial charge in [0.1, 0.15) is 17.5 Å². The molecule has 0 aliphatic rings. The van der Waals surface area contributed by atoms with Gasteiger partial charge < -0.3 is 24.8 Å². The molecule has 0 saturated carbocycles. The number of rotatable bonds is 9. The Bertz CT molecular complexity index is 882. The van der Waals surface area contributed by atoms with Crippen LogP contribution in [0.5, 0.6) is 11.5 Å². The summed E-state index contributed by atoms with van der Waals surface area (Å²) in [5.74, 6) is -0.894. The number of carbonyl (C=O) groups excluding carboxylic acids is 3. The molecule has 0 bridgehead atoms. The lowest BCUT2D eigenvalue weighted by atomic mass is 10.0. The van der Waals surface area contributed by atoms with Crippen LogP contribution in [0.4, 0.5) is 5.69 Å². The summed E-state index contributed by atoms with van der Waals surface area (Å²) in [5, 5.41) is 5.28. The van der Waals surface area contributed by atoms with Crippen LogP contribution in [0.1, 0.15) is 24.2 Å². The molecule has 0 saturated heterocycles. The van der Waals surface area contributed by atoms with Gasteiger partial charge in [-0.2, -0.15) is 0 Å². The second kappa shape index (κ2) is 10.8. The first-order chi connectivity index (χ1) is 14.3. The van der Waals surface area contributed by atoms with E-state index in [1.165, 1.54) is 14.2 Å². The third-order valence-electron chi connectivity index (χ3n) is 4.27. The number of hydrogen-bond acceptors (Lipinski definition) is 6. The molecule has 30 heavy (non-hydrogen) atoms. The fraction of sp³-hybridized carbons (Fsp3) is 0.318. The van der Waals surface area contributed by atoms with Crippen LogP contribution in [-0.2, 0) is 14.3 Å². The fourth-order valence-electron chi connectivity index (χ4n) is 2.64. The first kappa shape index (κ1) is 22.7. The van der Waals surface area contributed by atoms with Crippen LogP contribution < -0.4 is 20.1 Å². The van der Waals surface area contributed by atoms with E-state index in [1.54, 1.807) is 62.4 Å². The molecule has 0 aromatic heterocycles. The van der Waals surface area contributed by atoms with E-state index < -0.39 is 30.4 Å². The lowest BCUT2D eigenvalue weighted by Crippen LogP contribution is -2.45.